The molecule has 134 valence electrons. The van der Waals surface area contributed by atoms with Gasteiger partial charge in [0, 0.05) is 23.9 Å². The van der Waals surface area contributed by atoms with Crippen LogP contribution in [-0.2, 0) is 14.9 Å². The monoisotopic (exact) mass is 372 g/mol. The number of halogens is 1. The van der Waals surface area contributed by atoms with Crippen molar-refractivity contribution in [2.24, 2.45) is 0 Å². The number of oxazole rings is 1. The van der Waals surface area contributed by atoms with Gasteiger partial charge in [-0.05, 0) is 42.7 Å². The van der Waals surface area contributed by atoms with E-state index in [4.69, 9.17) is 20.8 Å². The Hall–Kier alpha value is -2.57. The van der Waals surface area contributed by atoms with Gasteiger partial charge >= 0.3 is 5.76 Å². The number of aromatic amines is 1. The molecule has 0 aliphatic carbocycles. The van der Waals surface area contributed by atoms with E-state index >= 15 is 0 Å². The highest BCUT2D eigenvalue weighted by atomic mass is 35.5. The fourth-order valence-corrected chi connectivity index (χ4v) is 3.78. The lowest BCUT2D eigenvalue weighted by Crippen LogP contribution is -2.45. The third-order valence-electron chi connectivity index (χ3n) is 4.85. The van der Waals surface area contributed by atoms with Gasteiger partial charge in [-0.3, -0.25) is 9.78 Å². The molecule has 0 saturated carbocycles. The Balaban J connectivity index is 1.70. The molecule has 1 aromatic heterocycles. The molecule has 0 unspecified atom stereocenters. The van der Waals surface area contributed by atoms with Crippen molar-refractivity contribution < 1.29 is 13.9 Å². The van der Waals surface area contributed by atoms with Gasteiger partial charge in [-0.15, -0.1) is 0 Å². The molecule has 2 N–H and O–H groups in total. The summed E-state index contributed by atoms with van der Waals surface area (Å²) in [6, 6.07) is 12.4. The van der Waals surface area contributed by atoms with Crippen molar-refractivity contribution in [3.05, 3.63) is 63.6 Å². The minimum atomic E-state index is -0.755. The SMILES string of the molecule is O=C(Nc1ccc2oc(=O)[nH]c2c1)C1(c2ccccc2Cl)CCOCC1. The van der Waals surface area contributed by atoms with E-state index in [1.165, 1.54) is 0 Å². The molecule has 26 heavy (non-hydrogen) atoms. The second kappa shape index (κ2) is 6.63. The number of nitrogens with one attached hydrogen (secondary N) is 2. The predicted molar refractivity (Wildman–Crippen MR) is 98.6 cm³/mol. The van der Waals surface area contributed by atoms with Crippen LogP contribution in [0.4, 0.5) is 5.69 Å². The number of ether oxygens (including phenoxy) is 1. The molecule has 6 nitrogen and oxygen atoms in total. The number of hydrogen-bond donors (Lipinski definition) is 2. The van der Waals surface area contributed by atoms with Crippen molar-refractivity contribution >= 4 is 34.3 Å². The average Bonchev–Trinajstić information content (AvgIpc) is 3.02. The quantitative estimate of drug-likeness (QED) is 0.737. The minimum Gasteiger partial charge on any atom is -0.408 e. The molecule has 2 aromatic carbocycles. The van der Waals surface area contributed by atoms with Crippen LogP contribution < -0.4 is 11.1 Å². The molecule has 1 saturated heterocycles. The number of rotatable bonds is 3. The largest absolute Gasteiger partial charge is 0.417 e. The maximum Gasteiger partial charge on any atom is 0.417 e. The summed E-state index contributed by atoms with van der Waals surface area (Å²) in [5.74, 6) is -0.667. The zero-order chi connectivity index (χ0) is 18.1. The summed E-state index contributed by atoms with van der Waals surface area (Å²) >= 11 is 6.40. The first-order valence-corrected chi connectivity index (χ1v) is 8.73. The number of aromatic nitrogens is 1. The highest BCUT2D eigenvalue weighted by molar-refractivity contribution is 6.31. The Labute approximate surface area is 154 Å². The number of amides is 1. The molecule has 0 radical (unpaired) electrons. The van der Waals surface area contributed by atoms with E-state index in [2.05, 4.69) is 10.3 Å². The normalized spacial score (nSPS) is 16.5. The molecule has 1 fully saturated rings. The van der Waals surface area contributed by atoms with E-state index in [1.807, 2.05) is 18.2 Å². The summed E-state index contributed by atoms with van der Waals surface area (Å²) in [6.45, 7) is 0.986. The summed E-state index contributed by atoms with van der Waals surface area (Å²) in [7, 11) is 0. The first-order valence-electron chi connectivity index (χ1n) is 8.36. The van der Waals surface area contributed by atoms with Gasteiger partial charge in [-0.25, -0.2) is 4.79 Å². The van der Waals surface area contributed by atoms with Crippen molar-refractivity contribution in [1.29, 1.82) is 0 Å². The van der Waals surface area contributed by atoms with E-state index in [9.17, 15) is 9.59 Å². The molecule has 0 bridgehead atoms. The fourth-order valence-electron chi connectivity index (χ4n) is 3.47. The molecular weight excluding hydrogens is 356 g/mol. The molecule has 3 aromatic rings. The molecule has 1 aliphatic rings. The number of carbonyl (C=O) groups is 1. The number of anilines is 1. The van der Waals surface area contributed by atoms with Crippen LogP contribution >= 0.6 is 11.6 Å². The molecule has 0 spiro atoms. The maximum absolute atomic E-state index is 13.3. The lowest BCUT2D eigenvalue weighted by molar-refractivity contribution is -0.125. The van der Waals surface area contributed by atoms with Crippen molar-refractivity contribution in [1.82, 2.24) is 4.98 Å². The molecule has 7 heteroatoms. The molecule has 1 aliphatic heterocycles. The van der Waals surface area contributed by atoms with Crippen LogP contribution in [-0.4, -0.2) is 24.1 Å². The van der Waals surface area contributed by atoms with Gasteiger partial charge in [0.05, 0.1) is 10.9 Å². The van der Waals surface area contributed by atoms with Crippen LogP contribution in [0.5, 0.6) is 0 Å². The molecular formula is C19H17ClN2O4. The summed E-state index contributed by atoms with van der Waals surface area (Å²) in [5.41, 5.74) is 1.61. The summed E-state index contributed by atoms with van der Waals surface area (Å²) in [6.07, 6.45) is 1.10. The Morgan fingerprint density at radius 2 is 1.92 bits per heavy atom. The number of H-pyrrole nitrogens is 1. The Morgan fingerprint density at radius 3 is 2.69 bits per heavy atom. The lowest BCUT2D eigenvalue weighted by atomic mass is 9.73. The van der Waals surface area contributed by atoms with E-state index in [0.29, 0.717) is 47.9 Å². The number of carbonyl (C=O) groups excluding carboxylic acids is 1. The second-order valence-corrected chi connectivity index (χ2v) is 6.76. The van der Waals surface area contributed by atoms with Crippen LogP contribution in [0.3, 0.4) is 0 Å². The maximum atomic E-state index is 13.3. The molecule has 4 rings (SSSR count). The molecule has 2 heterocycles. The van der Waals surface area contributed by atoms with Crippen LogP contribution in [0.15, 0.2) is 51.7 Å². The van der Waals surface area contributed by atoms with Crippen molar-refractivity contribution in [3.63, 3.8) is 0 Å². The smallest absolute Gasteiger partial charge is 0.408 e. The highest BCUT2D eigenvalue weighted by Crippen LogP contribution is 2.39. The van der Waals surface area contributed by atoms with E-state index in [-0.39, 0.29) is 5.91 Å². The Morgan fingerprint density at radius 1 is 1.15 bits per heavy atom. The van der Waals surface area contributed by atoms with Gasteiger partial charge in [-0.2, -0.15) is 0 Å². The second-order valence-electron chi connectivity index (χ2n) is 6.35. The Kier molecular flexibility index (Phi) is 4.30. The van der Waals surface area contributed by atoms with Crippen molar-refractivity contribution in [2.45, 2.75) is 18.3 Å². The summed E-state index contributed by atoms with van der Waals surface area (Å²) < 4.78 is 10.5. The zero-order valence-electron chi connectivity index (χ0n) is 13.9. The number of hydrogen-bond acceptors (Lipinski definition) is 4. The zero-order valence-corrected chi connectivity index (χ0v) is 14.6. The number of benzene rings is 2. The van der Waals surface area contributed by atoms with Crippen LogP contribution in [0, 0.1) is 0 Å². The average molecular weight is 373 g/mol. The van der Waals surface area contributed by atoms with Crippen molar-refractivity contribution in [2.75, 3.05) is 18.5 Å². The summed E-state index contributed by atoms with van der Waals surface area (Å²) in [4.78, 5) is 27.2. The van der Waals surface area contributed by atoms with Crippen LogP contribution in [0.2, 0.25) is 5.02 Å². The minimum absolute atomic E-state index is 0.140. The fraction of sp³-hybridized carbons (Fsp3) is 0.263. The van der Waals surface area contributed by atoms with Gasteiger partial charge < -0.3 is 14.5 Å². The van der Waals surface area contributed by atoms with Gasteiger partial charge in [0.15, 0.2) is 5.58 Å². The van der Waals surface area contributed by atoms with Gasteiger partial charge in [-0.1, -0.05) is 29.8 Å². The van der Waals surface area contributed by atoms with Gasteiger partial charge in [0.1, 0.15) is 0 Å². The van der Waals surface area contributed by atoms with Gasteiger partial charge in [0.25, 0.3) is 0 Å². The topological polar surface area (TPSA) is 84.3 Å². The van der Waals surface area contributed by atoms with E-state index in [1.54, 1.807) is 24.3 Å². The first-order chi connectivity index (χ1) is 12.6. The van der Waals surface area contributed by atoms with Gasteiger partial charge in [0.2, 0.25) is 5.91 Å². The first kappa shape index (κ1) is 16.9. The van der Waals surface area contributed by atoms with Crippen LogP contribution in [0.1, 0.15) is 18.4 Å². The standard InChI is InChI=1S/C19H17ClN2O4/c20-14-4-2-1-3-13(14)19(7-9-25-10-8-19)17(23)21-12-5-6-16-15(11-12)22-18(24)26-16/h1-6,11H,7-10H2,(H,21,23)(H,22,24). The van der Waals surface area contributed by atoms with Crippen LogP contribution in [0.25, 0.3) is 11.1 Å². The van der Waals surface area contributed by atoms with E-state index < -0.39 is 11.2 Å². The van der Waals surface area contributed by atoms with E-state index in [0.717, 1.165) is 5.56 Å². The summed E-state index contributed by atoms with van der Waals surface area (Å²) in [5, 5.41) is 3.53. The number of fused-ring (bicyclic) bond motifs is 1. The lowest BCUT2D eigenvalue weighted by Gasteiger charge is -2.36. The molecule has 0 atom stereocenters. The third-order valence-corrected chi connectivity index (χ3v) is 5.18. The highest BCUT2D eigenvalue weighted by Gasteiger charge is 2.43. The third kappa shape index (κ3) is 2.91. The van der Waals surface area contributed by atoms with Crippen molar-refractivity contribution in [3.8, 4) is 0 Å². The Bertz CT molecular complexity index is 1020. The molecule has 1 amide bonds. The predicted octanol–water partition coefficient (Wildman–Crippen LogP) is 3.46.